The highest BCUT2D eigenvalue weighted by Gasteiger charge is 2.23. The van der Waals surface area contributed by atoms with E-state index in [0.717, 1.165) is 37.1 Å². The molecule has 0 amide bonds. The first kappa shape index (κ1) is 18.1. The van der Waals surface area contributed by atoms with Gasteiger partial charge < -0.3 is 0 Å². The molecule has 27 heavy (non-hydrogen) atoms. The number of fused-ring (bicyclic) bond motifs is 1. The summed E-state index contributed by atoms with van der Waals surface area (Å²) < 4.78 is 27.1. The maximum Gasteiger partial charge on any atom is 0.234 e. The fourth-order valence-electron chi connectivity index (χ4n) is 3.77. The maximum absolute atomic E-state index is 11.8. The summed E-state index contributed by atoms with van der Waals surface area (Å²) in [4.78, 5) is 13.1. The zero-order valence-corrected chi connectivity index (χ0v) is 16.1. The average Bonchev–Trinajstić information content (AvgIpc) is 2.93. The van der Waals surface area contributed by atoms with Gasteiger partial charge in [-0.2, -0.15) is 0 Å². The highest BCUT2D eigenvalue weighted by molar-refractivity contribution is 7.88. The Balaban J connectivity index is 1.52. The normalized spacial score (nSPS) is 19.2. The van der Waals surface area contributed by atoms with Crippen molar-refractivity contribution in [2.24, 2.45) is 5.92 Å². The van der Waals surface area contributed by atoms with E-state index in [2.05, 4.69) is 21.0 Å². The Morgan fingerprint density at radius 3 is 2.89 bits per heavy atom. The Hall–Kier alpha value is -2.32. The van der Waals surface area contributed by atoms with Gasteiger partial charge >= 0.3 is 0 Å². The second kappa shape index (κ2) is 7.36. The first-order valence-electron chi connectivity index (χ1n) is 9.19. The van der Waals surface area contributed by atoms with E-state index >= 15 is 0 Å². The van der Waals surface area contributed by atoms with Crippen molar-refractivity contribution in [3.63, 3.8) is 0 Å². The van der Waals surface area contributed by atoms with Gasteiger partial charge in [-0.1, -0.05) is 0 Å². The Morgan fingerprint density at radius 2 is 2.04 bits per heavy atom. The van der Waals surface area contributed by atoms with Crippen molar-refractivity contribution in [1.82, 2.24) is 23.7 Å². The first-order valence-corrected chi connectivity index (χ1v) is 11.0. The van der Waals surface area contributed by atoms with Crippen LogP contribution in [0.3, 0.4) is 0 Å². The van der Waals surface area contributed by atoms with Gasteiger partial charge in [0.25, 0.3) is 0 Å². The summed E-state index contributed by atoms with van der Waals surface area (Å²) in [6, 6.07) is 6.03. The monoisotopic (exact) mass is 385 g/mol. The molecule has 1 fully saturated rings. The van der Waals surface area contributed by atoms with Crippen molar-refractivity contribution in [1.29, 1.82) is 0 Å². The van der Waals surface area contributed by atoms with Crippen LogP contribution in [0, 0.1) is 5.92 Å². The molecule has 0 aliphatic carbocycles. The Kier molecular flexibility index (Phi) is 4.92. The molecule has 1 saturated heterocycles. The molecule has 3 aromatic rings. The van der Waals surface area contributed by atoms with Crippen molar-refractivity contribution < 1.29 is 8.42 Å². The van der Waals surface area contributed by atoms with Crippen LogP contribution in [-0.4, -0.2) is 51.4 Å². The van der Waals surface area contributed by atoms with E-state index in [4.69, 9.17) is 0 Å². The minimum atomic E-state index is -3.09. The van der Waals surface area contributed by atoms with Crippen LogP contribution < -0.4 is 0 Å². The zero-order valence-electron chi connectivity index (χ0n) is 15.3. The maximum atomic E-state index is 11.8. The van der Waals surface area contributed by atoms with E-state index in [1.807, 2.05) is 28.9 Å². The second-order valence-corrected chi connectivity index (χ2v) is 9.13. The third-order valence-corrected chi connectivity index (χ3v) is 6.48. The van der Waals surface area contributed by atoms with E-state index in [9.17, 15) is 8.42 Å². The van der Waals surface area contributed by atoms with Gasteiger partial charge in [0.05, 0.1) is 23.8 Å². The second-order valence-electron chi connectivity index (χ2n) is 7.15. The summed E-state index contributed by atoms with van der Waals surface area (Å²) in [5.41, 5.74) is 3.01. The average molecular weight is 385 g/mol. The number of hydrogen-bond donors (Lipinski definition) is 0. The molecule has 1 unspecified atom stereocenters. The lowest BCUT2D eigenvalue weighted by atomic mass is 9.93. The highest BCUT2D eigenvalue weighted by atomic mass is 32.2. The van der Waals surface area contributed by atoms with Crippen LogP contribution in [0.1, 0.15) is 24.8 Å². The van der Waals surface area contributed by atoms with E-state index < -0.39 is 10.0 Å². The summed E-state index contributed by atoms with van der Waals surface area (Å²) in [6.07, 6.45) is 12.4. The lowest BCUT2D eigenvalue weighted by molar-refractivity contribution is 0.413. The van der Waals surface area contributed by atoms with Gasteiger partial charge in [0.15, 0.2) is 0 Å². The number of pyridine rings is 1. The Bertz CT molecular complexity index is 1050. The van der Waals surface area contributed by atoms with Crippen LogP contribution in [-0.2, 0) is 16.4 Å². The van der Waals surface area contributed by atoms with Crippen molar-refractivity contribution in [2.75, 3.05) is 19.3 Å². The standard InChI is InChI=1S/C19H23N5O2S/c1-27(25,26)23-9-2-4-15(6-11-23)12-16-5-8-20-17(13-16)18-14-22-19-21-7-3-10-24(18)19/h3,5,7-8,10,13-15H,2,4,6,9,11-12H2,1H3. The van der Waals surface area contributed by atoms with Crippen LogP contribution in [0.5, 0.6) is 0 Å². The van der Waals surface area contributed by atoms with E-state index in [-0.39, 0.29) is 0 Å². The molecule has 0 saturated carbocycles. The molecule has 4 heterocycles. The zero-order chi connectivity index (χ0) is 18.9. The minimum Gasteiger partial charge on any atom is -0.282 e. The number of nitrogens with zero attached hydrogens (tertiary/aromatic N) is 5. The lowest BCUT2D eigenvalue weighted by Gasteiger charge is -2.17. The molecule has 7 nitrogen and oxygen atoms in total. The number of rotatable bonds is 4. The molecule has 1 aliphatic heterocycles. The van der Waals surface area contributed by atoms with E-state index in [1.165, 1.54) is 11.8 Å². The van der Waals surface area contributed by atoms with Gasteiger partial charge in [-0.25, -0.2) is 22.7 Å². The molecule has 0 spiro atoms. The third kappa shape index (κ3) is 4.01. The minimum absolute atomic E-state index is 0.482. The molecule has 1 atom stereocenters. The molecule has 0 radical (unpaired) electrons. The summed E-state index contributed by atoms with van der Waals surface area (Å²) in [5, 5.41) is 0. The van der Waals surface area contributed by atoms with E-state index in [0.29, 0.717) is 24.8 Å². The molecular formula is C19H23N5O2S. The quantitative estimate of drug-likeness (QED) is 0.689. The molecule has 1 aliphatic rings. The number of sulfonamides is 1. The molecule has 8 heteroatoms. The number of imidazole rings is 1. The fraction of sp³-hybridized carbons (Fsp3) is 0.421. The van der Waals surface area contributed by atoms with E-state index in [1.54, 1.807) is 16.7 Å². The van der Waals surface area contributed by atoms with Crippen LogP contribution in [0.4, 0.5) is 0 Å². The van der Waals surface area contributed by atoms with Crippen LogP contribution >= 0.6 is 0 Å². The number of hydrogen-bond acceptors (Lipinski definition) is 5. The molecule has 0 bridgehead atoms. The van der Waals surface area contributed by atoms with Gasteiger partial charge in [-0.3, -0.25) is 9.38 Å². The van der Waals surface area contributed by atoms with Gasteiger partial charge in [0.2, 0.25) is 15.8 Å². The predicted octanol–water partition coefficient (Wildman–Crippen LogP) is 2.40. The molecule has 3 aromatic heterocycles. The van der Waals surface area contributed by atoms with Crippen molar-refractivity contribution in [3.8, 4) is 11.4 Å². The molecule has 142 valence electrons. The van der Waals surface area contributed by atoms with Gasteiger partial charge in [0.1, 0.15) is 0 Å². The van der Waals surface area contributed by atoms with Crippen LogP contribution in [0.15, 0.2) is 43.0 Å². The fourth-order valence-corrected chi connectivity index (χ4v) is 4.66. The molecule has 4 rings (SSSR count). The van der Waals surface area contributed by atoms with Gasteiger partial charge in [-0.15, -0.1) is 0 Å². The largest absolute Gasteiger partial charge is 0.282 e. The highest BCUT2D eigenvalue weighted by Crippen LogP contribution is 2.25. The first-order chi connectivity index (χ1) is 13.0. The molecule has 0 N–H and O–H groups in total. The van der Waals surface area contributed by atoms with Crippen molar-refractivity contribution in [3.05, 3.63) is 48.5 Å². The van der Waals surface area contributed by atoms with Crippen LogP contribution in [0.2, 0.25) is 0 Å². The predicted molar refractivity (Wildman–Crippen MR) is 104 cm³/mol. The summed E-state index contributed by atoms with van der Waals surface area (Å²) >= 11 is 0. The lowest BCUT2D eigenvalue weighted by Crippen LogP contribution is -2.30. The van der Waals surface area contributed by atoms with Crippen molar-refractivity contribution in [2.45, 2.75) is 25.7 Å². The third-order valence-electron chi connectivity index (χ3n) is 5.18. The van der Waals surface area contributed by atoms with Gasteiger partial charge in [-0.05, 0) is 55.4 Å². The Morgan fingerprint density at radius 1 is 1.15 bits per heavy atom. The Labute approximate surface area is 159 Å². The SMILES string of the molecule is CS(=O)(=O)N1CCCC(Cc2ccnc(-c3cnc4ncccn34)c2)CC1. The van der Waals surface area contributed by atoms with Crippen LogP contribution in [0.25, 0.3) is 17.2 Å². The summed E-state index contributed by atoms with van der Waals surface area (Å²) in [7, 11) is -3.09. The summed E-state index contributed by atoms with van der Waals surface area (Å²) in [6.45, 7) is 1.24. The number of aromatic nitrogens is 4. The van der Waals surface area contributed by atoms with Crippen molar-refractivity contribution >= 4 is 15.8 Å². The topological polar surface area (TPSA) is 80.5 Å². The summed E-state index contributed by atoms with van der Waals surface area (Å²) in [5.74, 6) is 1.14. The molecular weight excluding hydrogens is 362 g/mol. The smallest absolute Gasteiger partial charge is 0.234 e. The molecule has 0 aromatic carbocycles. The van der Waals surface area contributed by atoms with Gasteiger partial charge in [0, 0.05) is 31.7 Å².